The molecule has 0 spiro atoms. The quantitative estimate of drug-likeness (QED) is 0.703. The molecule has 1 heterocycles. The fourth-order valence-corrected chi connectivity index (χ4v) is 1.71. The lowest BCUT2D eigenvalue weighted by Gasteiger charge is -2.07. The van der Waals surface area contributed by atoms with Crippen LogP contribution in [-0.4, -0.2) is 23.2 Å². The Bertz CT molecular complexity index is 753. The summed E-state index contributed by atoms with van der Waals surface area (Å²) in [4.78, 5) is 7.36. The molecular weight excluding hydrogens is 339 g/mol. The molecule has 2 aromatic rings. The number of halogens is 3. The molecule has 2 rings (SSSR count). The molecule has 0 atom stereocenters. The highest BCUT2D eigenvalue weighted by molar-refractivity contribution is 5.49. The summed E-state index contributed by atoms with van der Waals surface area (Å²) in [5.74, 6) is -0.623. The smallest absolute Gasteiger partial charge is 0.387 e. The lowest BCUT2D eigenvalue weighted by atomic mass is 10.2. The number of aromatic nitrogens is 2. The van der Waals surface area contributed by atoms with Crippen LogP contribution in [0.4, 0.5) is 18.9 Å². The monoisotopic (exact) mass is 353 g/mol. The minimum Gasteiger partial charge on any atom is -0.457 e. The lowest BCUT2D eigenvalue weighted by Crippen LogP contribution is -2.06. The van der Waals surface area contributed by atoms with Gasteiger partial charge < -0.3 is 14.8 Å². The fraction of sp³-hybridized carbons (Fsp3) is 0.200. The molecule has 0 radical (unpaired) electrons. The molecule has 0 aliphatic rings. The first-order chi connectivity index (χ1) is 12.0. The molecule has 0 bridgehead atoms. The molecule has 0 amide bonds. The number of nitrogens with zero attached hydrogens (tertiary/aromatic N) is 3. The predicted octanol–water partition coefficient (Wildman–Crippen LogP) is 3.89. The van der Waals surface area contributed by atoms with Gasteiger partial charge >= 0.3 is 12.6 Å². The summed E-state index contributed by atoms with van der Waals surface area (Å²) in [7, 11) is 0. The summed E-state index contributed by atoms with van der Waals surface area (Å²) in [6.07, 6.45) is 3.35. The van der Waals surface area contributed by atoms with Gasteiger partial charge in [0, 0.05) is 6.20 Å². The van der Waals surface area contributed by atoms with Crippen LogP contribution in [0.2, 0.25) is 0 Å². The number of nitrogens with one attached hydrogen (secondary N) is 2. The molecular formula is C15H14F3N5O2. The Morgan fingerprint density at radius 1 is 1.36 bits per heavy atom. The molecule has 0 unspecified atom stereocenters. The van der Waals surface area contributed by atoms with Crippen LogP contribution in [0.5, 0.6) is 11.8 Å². The summed E-state index contributed by atoms with van der Waals surface area (Å²) in [5.41, 5.74) is 7.93. The summed E-state index contributed by atoms with van der Waals surface area (Å²) in [5, 5.41) is 5.95. The number of anilines is 1. The molecule has 0 saturated heterocycles. The minimum absolute atomic E-state index is 0.113. The summed E-state index contributed by atoms with van der Waals surface area (Å²) >= 11 is 0. The Morgan fingerprint density at radius 2 is 2.08 bits per heavy atom. The summed E-state index contributed by atoms with van der Waals surface area (Å²) in [6, 6.07) is 4.73. The highest BCUT2D eigenvalue weighted by atomic mass is 19.3. The van der Waals surface area contributed by atoms with E-state index in [-0.39, 0.29) is 29.8 Å². The van der Waals surface area contributed by atoms with Crippen molar-refractivity contribution in [3.8, 4) is 11.8 Å². The second-order valence-electron chi connectivity index (χ2n) is 4.70. The van der Waals surface area contributed by atoms with Crippen molar-refractivity contribution in [2.75, 3.05) is 11.9 Å². The van der Waals surface area contributed by atoms with E-state index in [0.29, 0.717) is 5.56 Å². The van der Waals surface area contributed by atoms with Crippen molar-refractivity contribution in [2.45, 2.75) is 13.5 Å². The molecule has 132 valence electrons. The van der Waals surface area contributed by atoms with E-state index < -0.39 is 12.4 Å². The van der Waals surface area contributed by atoms with Gasteiger partial charge in [0.05, 0.1) is 18.1 Å². The molecule has 2 N–H and O–H groups in total. The van der Waals surface area contributed by atoms with Crippen molar-refractivity contribution in [3.63, 3.8) is 0 Å². The van der Waals surface area contributed by atoms with Crippen LogP contribution in [0.3, 0.4) is 0 Å². The molecule has 10 heteroatoms. The SMILES string of the molecule is Cc1cccc(N/C=C(/COc2ncc(OC(F)F)cn2)N=N)c1F. The van der Waals surface area contributed by atoms with E-state index in [0.717, 1.165) is 12.4 Å². The largest absolute Gasteiger partial charge is 0.457 e. The predicted molar refractivity (Wildman–Crippen MR) is 82.1 cm³/mol. The van der Waals surface area contributed by atoms with E-state index >= 15 is 0 Å². The third-order valence-corrected chi connectivity index (χ3v) is 2.91. The number of hydrogen-bond acceptors (Lipinski definition) is 7. The number of alkyl halides is 2. The number of hydrogen-bond donors (Lipinski definition) is 2. The zero-order valence-corrected chi connectivity index (χ0v) is 13.0. The highest BCUT2D eigenvalue weighted by Gasteiger charge is 2.07. The maximum absolute atomic E-state index is 13.8. The third-order valence-electron chi connectivity index (χ3n) is 2.91. The van der Waals surface area contributed by atoms with Crippen LogP contribution >= 0.6 is 0 Å². The van der Waals surface area contributed by atoms with Crippen LogP contribution < -0.4 is 14.8 Å². The molecule has 0 fully saturated rings. The minimum atomic E-state index is -2.97. The van der Waals surface area contributed by atoms with Crippen LogP contribution in [0.25, 0.3) is 0 Å². The number of ether oxygens (including phenoxy) is 2. The Balaban J connectivity index is 1.95. The molecule has 1 aromatic carbocycles. The number of benzene rings is 1. The van der Waals surface area contributed by atoms with Gasteiger partial charge in [-0.2, -0.15) is 23.9 Å². The van der Waals surface area contributed by atoms with Crippen LogP contribution in [0, 0.1) is 18.3 Å². The van der Waals surface area contributed by atoms with Crippen molar-refractivity contribution in [2.24, 2.45) is 5.11 Å². The second kappa shape index (κ2) is 8.62. The molecule has 0 aliphatic heterocycles. The van der Waals surface area contributed by atoms with Crippen molar-refractivity contribution in [3.05, 3.63) is 53.9 Å². The number of rotatable bonds is 8. The van der Waals surface area contributed by atoms with Crippen molar-refractivity contribution >= 4 is 5.69 Å². The first kappa shape index (κ1) is 18.2. The molecule has 7 nitrogen and oxygen atoms in total. The Kier molecular flexibility index (Phi) is 6.26. The normalized spacial score (nSPS) is 11.3. The second-order valence-corrected chi connectivity index (χ2v) is 4.70. The highest BCUT2D eigenvalue weighted by Crippen LogP contribution is 2.18. The number of aryl methyl sites for hydroxylation is 1. The lowest BCUT2D eigenvalue weighted by molar-refractivity contribution is -0.0504. The van der Waals surface area contributed by atoms with E-state index in [1.54, 1.807) is 19.1 Å². The van der Waals surface area contributed by atoms with Gasteiger partial charge in [0.25, 0.3) is 0 Å². The molecule has 0 saturated carbocycles. The van der Waals surface area contributed by atoms with Crippen molar-refractivity contribution < 1.29 is 22.6 Å². The standard InChI is InChI=1S/C15H14F3N5O2/c1-9-3-2-4-12(13(9)16)20-5-10(23-19)8-24-15-21-6-11(7-22-15)25-14(17)18/h2-7,14,19-20H,8H2,1H3/b10-5-,23-19?. The summed E-state index contributed by atoms with van der Waals surface area (Å²) < 4.78 is 47.2. The Hall–Kier alpha value is -3.17. The first-order valence-corrected chi connectivity index (χ1v) is 6.97. The molecule has 0 aliphatic carbocycles. The zero-order chi connectivity index (χ0) is 18.2. The van der Waals surface area contributed by atoms with Gasteiger partial charge in [0.1, 0.15) is 18.1 Å². The Labute approximate surface area is 141 Å². The maximum Gasteiger partial charge on any atom is 0.387 e. The van der Waals surface area contributed by atoms with E-state index in [1.165, 1.54) is 12.3 Å². The van der Waals surface area contributed by atoms with E-state index in [9.17, 15) is 13.2 Å². The average molecular weight is 353 g/mol. The zero-order valence-electron chi connectivity index (χ0n) is 13.0. The van der Waals surface area contributed by atoms with Crippen LogP contribution in [0.15, 0.2) is 47.6 Å². The van der Waals surface area contributed by atoms with Crippen molar-refractivity contribution in [1.29, 1.82) is 5.53 Å². The van der Waals surface area contributed by atoms with Gasteiger partial charge in [0.2, 0.25) is 0 Å². The van der Waals surface area contributed by atoms with Gasteiger partial charge in [-0.25, -0.2) is 9.92 Å². The average Bonchev–Trinajstić information content (AvgIpc) is 2.59. The Morgan fingerprint density at radius 3 is 2.72 bits per heavy atom. The first-order valence-electron chi connectivity index (χ1n) is 6.97. The van der Waals surface area contributed by atoms with Crippen molar-refractivity contribution in [1.82, 2.24) is 9.97 Å². The van der Waals surface area contributed by atoms with Gasteiger partial charge in [-0.3, -0.25) is 0 Å². The maximum atomic E-state index is 13.8. The van der Waals surface area contributed by atoms with Crippen LogP contribution in [0.1, 0.15) is 5.56 Å². The van der Waals surface area contributed by atoms with E-state index in [1.807, 2.05) is 0 Å². The fourth-order valence-electron chi connectivity index (χ4n) is 1.71. The van der Waals surface area contributed by atoms with Gasteiger partial charge in [-0.1, -0.05) is 12.1 Å². The van der Waals surface area contributed by atoms with Gasteiger partial charge in [0.15, 0.2) is 5.75 Å². The van der Waals surface area contributed by atoms with E-state index in [2.05, 4.69) is 25.1 Å². The summed E-state index contributed by atoms with van der Waals surface area (Å²) in [6.45, 7) is -1.53. The third kappa shape index (κ3) is 5.44. The van der Waals surface area contributed by atoms with E-state index in [4.69, 9.17) is 10.3 Å². The molecule has 1 aromatic heterocycles. The van der Waals surface area contributed by atoms with Crippen LogP contribution in [-0.2, 0) is 0 Å². The topological polar surface area (TPSA) is 92.5 Å². The molecule has 25 heavy (non-hydrogen) atoms. The van der Waals surface area contributed by atoms with Gasteiger partial charge in [-0.05, 0) is 18.6 Å². The van der Waals surface area contributed by atoms with Gasteiger partial charge in [-0.15, -0.1) is 0 Å².